The Labute approximate surface area is 183 Å². The number of hydrogen-bond donors (Lipinski definition) is 2. The predicted molar refractivity (Wildman–Crippen MR) is 116 cm³/mol. The van der Waals surface area contributed by atoms with E-state index < -0.39 is 22.8 Å². The van der Waals surface area contributed by atoms with Crippen LogP contribution >= 0.6 is 0 Å². The number of nitro groups is 1. The summed E-state index contributed by atoms with van der Waals surface area (Å²) in [7, 11) is 0. The van der Waals surface area contributed by atoms with E-state index in [0.717, 1.165) is 21.4 Å². The van der Waals surface area contributed by atoms with Gasteiger partial charge in [0.2, 0.25) is 0 Å². The maximum absolute atomic E-state index is 12.6. The number of nitrogens with zero attached hydrogens (tertiary/aromatic N) is 3. The molecule has 0 radical (unpaired) electrons. The molecule has 166 valence electrons. The minimum Gasteiger partial charge on any atom is -0.480 e. The predicted octanol–water partition coefficient (Wildman–Crippen LogP) is 4.41. The molecule has 0 aliphatic heterocycles. The van der Waals surface area contributed by atoms with Gasteiger partial charge >= 0.3 is 5.97 Å². The smallest absolute Gasteiger partial charge is 0.328 e. The van der Waals surface area contributed by atoms with Gasteiger partial charge in [-0.1, -0.05) is 6.07 Å². The number of nitro benzene ring substituents is 1. The molecule has 0 aliphatic carbocycles. The number of anilines is 1. The molecule has 0 bridgehead atoms. The van der Waals surface area contributed by atoms with Crippen molar-refractivity contribution in [1.29, 1.82) is 0 Å². The molecule has 3 aromatic rings. The first-order chi connectivity index (χ1) is 15.0. The van der Waals surface area contributed by atoms with Crippen molar-refractivity contribution < 1.29 is 24.4 Å². The van der Waals surface area contributed by atoms with Crippen molar-refractivity contribution >= 4 is 23.3 Å². The molecule has 0 saturated carbocycles. The van der Waals surface area contributed by atoms with E-state index in [2.05, 4.69) is 10.4 Å². The monoisotopic (exact) mass is 438 g/mol. The number of amides is 1. The van der Waals surface area contributed by atoms with Crippen LogP contribution in [0.25, 0.3) is 0 Å². The number of carbonyl (C=O) groups excluding carboxylic acids is 1. The average Bonchev–Trinajstić information content (AvgIpc) is 3.21. The number of rotatable bonds is 7. The number of carboxylic acid groups (broad SMARTS) is 1. The second kappa shape index (κ2) is 8.88. The summed E-state index contributed by atoms with van der Waals surface area (Å²) < 4.78 is 7.05. The molecule has 1 atom stereocenters. The van der Waals surface area contributed by atoms with Crippen molar-refractivity contribution in [1.82, 2.24) is 9.78 Å². The largest absolute Gasteiger partial charge is 0.480 e. The molecule has 10 nitrogen and oxygen atoms in total. The Morgan fingerprint density at radius 1 is 1.19 bits per heavy atom. The van der Waals surface area contributed by atoms with Gasteiger partial charge in [-0.2, -0.15) is 5.10 Å². The quantitative estimate of drug-likeness (QED) is 0.412. The SMILES string of the molecule is Cc1cc(C)c(C)c(Oc2cc(NC(=O)c3cnn(C(C)C(=O)O)c3)cc([N+](=O)[O-])c2)c1. The van der Waals surface area contributed by atoms with Crippen molar-refractivity contribution in [2.75, 3.05) is 5.32 Å². The summed E-state index contributed by atoms with van der Waals surface area (Å²) in [4.78, 5) is 34.5. The molecular formula is C22H22N4O6. The van der Waals surface area contributed by atoms with Gasteiger partial charge in [-0.3, -0.25) is 19.6 Å². The molecule has 32 heavy (non-hydrogen) atoms. The summed E-state index contributed by atoms with van der Waals surface area (Å²) in [5.41, 5.74) is 2.90. The van der Waals surface area contributed by atoms with Crippen LogP contribution in [0.15, 0.2) is 42.7 Å². The van der Waals surface area contributed by atoms with E-state index in [9.17, 15) is 19.7 Å². The third-order valence-electron chi connectivity index (χ3n) is 4.97. The number of ether oxygens (including phenoxy) is 1. The van der Waals surface area contributed by atoms with Crippen LogP contribution in [0.2, 0.25) is 0 Å². The van der Waals surface area contributed by atoms with E-state index in [1.807, 2.05) is 32.9 Å². The molecule has 2 N–H and O–H groups in total. The van der Waals surface area contributed by atoms with Crippen LogP contribution in [0.5, 0.6) is 11.5 Å². The minimum absolute atomic E-state index is 0.109. The highest BCUT2D eigenvalue weighted by Crippen LogP contribution is 2.33. The summed E-state index contributed by atoms with van der Waals surface area (Å²) in [5.74, 6) is -0.938. The van der Waals surface area contributed by atoms with Gasteiger partial charge in [0.1, 0.15) is 17.5 Å². The minimum atomic E-state index is -1.10. The summed E-state index contributed by atoms with van der Waals surface area (Å²) >= 11 is 0. The number of carboxylic acids is 1. The fraction of sp³-hybridized carbons (Fsp3) is 0.227. The molecule has 1 amide bonds. The lowest BCUT2D eigenvalue weighted by Gasteiger charge is -2.13. The Hall–Kier alpha value is -4.21. The molecular weight excluding hydrogens is 416 g/mol. The molecule has 0 spiro atoms. The van der Waals surface area contributed by atoms with E-state index >= 15 is 0 Å². The van der Waals surface area contributed by atoms with E-state index in [0.29, 0.717) is 5.75 Å². The zero-order valence-corrected chi connectivity index (χ0v) is 17.9. The zero-order valence-electron chi connectivity index (χ0n) is 17.9. The van der Waals surface area contributed by atoms with Gasteiger partial charge in [-0.25, -0.2) is 4.79 Å². The second-order valence-electron chi connectivity index (χ2n) is 7.46. The highest BCUT2D eigenvalue weighted by Gasteiger charge is 2.18. The van der Waals surface area contributed by atoms with Crippen molar-refractivity contribution in [2.45, 2.75) is 33.7 Å². The van der Waals surface area contributed by atoms with Crippen LogP contribution in [0.1, 0.15) is 40.0 Å². The van der Waals surface area contributed by atoms with Crippen molar-refractivity contribution in [3.05, 3.63) is 75.1 Å². The van der Waals surface area contributed by atoms with Crippen molar-refractivity contribution in [2.24, 2.45) is 0 Å². The lowest BCUT2D eigenvalue weighted by atomic mass is 10.1. The van der Waals surface area contributed by atoms with Crippen LogP contribution in [-0.2, 0) is 4.79 Å². The Morgan fingerprint density at radius 2 is 1.91 bits per heavy atom. The lowest BCUT2D eigenvalue weighted by molar-refractivity contribution is -0.384. The first-order valence-corrected chi connectivity index (χ1v) is 9.68. The van der Waals surface area contributed by atoms with Gasteiger partial charge in [0.05, 0.1) is 28.4 Å². The number of hydrogen-bond acceptors (Lipinski definition) is 6. The molecule has 0 aliphatic rings. The highest BCUT2D eigenvalue weighted by molar-refractivity contribution is 6.04. The van der Waals surface area contributed by atoms with Crippen LogP contribution in [0.4, 0.5) is 11.4 Å². The summed E-state index contributed by atoms with van der Waals surface area (Å²) in [6.45, 7) is 7.18. The normalized spacial score (nSPS) is 11.6. The van der Waals surface area contributed by atoms with Crippen LogP contribution < -0.4 is 10.1 Å². The topological polar surface area (TPSA) is 137 Å². The molecule has 1 heterocycles. The maximum atomic E-state index is 12.6. The van der Waals surface area contributed by atoms with Crippen LogP contribution in [0.3, 0.4) is 0 Å². The fourth-order valence-corrected chi connectivity index (χ4v) is 3.04. The molecule has 0 fully saturated rings. The van der Waals surface area contributed by atoms with Crippen LogP contribution in [-0.4, -0.2) is 31.7 Å². The molecule has 1 unspecified atom stereocenters. The van der Waals surface area contributed by atoms with Gasteiger partial charge in [0, 0.05) is 18.3 Å². The molecule has 0 saturated heterocycles. The summed E-state index contributed by atoms with van der Waals surface area (Å²) in [5, 5.41) is 26.9. The number of aromatic nitrogens is 2. The van der Waals surface area contributed by atoms with Crippen molar-refractivity contribution in [3.8, 4) is 11.5 Å². The van der Waals surface area contributed by atoms with Gasteiger partial charge in [-0.05, 0) is 50.5 Å². The number of aryl methyl sites for hydroxylation is 2. The third-order valence-corrected chi connectivity index (χ3v) is 4.97. The molecule has 3 rings (SSSR count). The maximum Gasteiger partial charge on any atom is 0.328 e. The first-order valence-electron chi connectivity index (χ1n) is 9.68. The molecule has 10 heteroatoms. The standard InChI is InChI=1S/C22H22N4O6/c1-12-5-13(2)14(3)20(6-12)32-19-8-17(7-18(9-19)26(30)31)24-21(27)16-10-23-25(11-16)15(4)22(28)29/h5-11,15H,1-4H3,(H,24,27)(H,28,29). The third kappa shape index (κ3) is 4.91. The van der Waals surface area contributed by atoms with E-state index in [-0.39, 0.29) is 22.7 Å². The summed E-state index contributed by atoms with van der Waals surface area (Å²) in [6.07, 6.45) is 2.52. The van der Waals surface area contributed by atoms with Gasteiger partial charge in [-0.15, -0.1) is 0 Å². The Morgan fingerprint density at radius 3 is 2.56 bits per heavy atom. The molecule has 1 aromatic heterocycles. The van der Waals surface area contributed by atoms with E-state index in [1.54, 1.807) is 0 Å². The number of carbonyl (C=O) groups is 2. The Bertz CT molecular complexity index is 1220. The number of non-ortho nitro benzene ring substituents is 1. The van der Waals surface area contributed by atoms with E-state index in [4.69, 9.17) is 9.84 Å². The first kappa shape index (κ1) is 22.5. The second-order valence-corrected chi connectivity index (χ2v) is 7.46. The van der Waals surface area contributed by atoms with E-state index in [1.165, 1.54) is 37.5 Å². The Balaban J connectivity index is 1.89. The zero-order chi connectivity index (χ0) is 23.6. The lowest BCUT2D eigenvalue weighted by Crippen LogP contribution is -2.16. The van der Waals surface area contributed by atoms with Gasteiger partial charge < -0.3 is 15.2 Å². The Kier molecular flexibility index (Phi) is 6.24. The van der Waals surface area contributed by atoms with Gasteiger partial charge in [0.25, 0.3) is 11.6 Å². The number of nitrogens with one attached hydrogen (secondary N) is 1. The summed E-state index contributed by atoms with van der Waals surface area (Å²) in [6, 6.07) is 6.86. The number of aliphatic carboxylic acids is 1. The highest BCUT2D eigenvalue weighted by atomic mass is 16.6. The average molecular weight is 438 g/mol. The fourth-order valence-electron chi connectivity index (χ4n) is 3.04. The number of benzene rings is 2. The van der Waals surface area contributed by atoms with Crippen molar-refractivity contribution in [3.63, 3.8) is 0 Å². The molecule has 2 aromatic carbocycles. The van der Waals surface area contributed by atoms with Crippen LogP contribution in [0, 0.1) is 30.9 Å². The van der Waals surface area contributed by atoms with Gasteiger partial charge in [0.15, 0.2) is 0 Å².